The standard InChI is InChI=1S/C19H33N5O2S/c1-3-20-19(21-12-8-13-23-27(2,25)26)22-15-18-11-7-14-24(18)16-17-9-5-4-6-10-17/h4-6,9-10,18,23H,3,7-8,11-16H2,1-2H3,(H2,20,21,22). The maximum atomic E-state index is 11.1. The van der Waals surface area contributed by atoms with Gasteiger partial charge in [0.15, 0.2) is 5.96 Å². The highest BCUT2D eigenvalue weighted by Gasteiger charge is 2.24. The summed E-state index contributed by atoms with van der Waals surface area (Å²) < 4.78 is 24.6. The van der Waals surface area contributed by atoms with E-state index in [4.69, 9.17) is 4.99 Å². The van der Waals surface area contributed by atoms with Gasteiger partial charge in [-0.05, 0) is 38.3 Å². The van der Waals surface area contributed by atoms with Crippen LogP contribution in [-0.4, -0.2) is 64.3 Å². The Balaban J connectivity index is 1.80. The van der Waals surface area contributed by atoms with Crippen LogP contribution in [0.15, 0.2) is 35.3 Å². The van der Waals surface area contributed by atoms with Crippen LogP contribution >= 0.6 is 0 Å². The predicted octanol–water partition coefficient (Wildman–Crippen LogP) is 1.15. The monoisotopic (exact) mass is 395 g/mol. The summed E-state index contributed by atoms with van der Waals surface area (Å²) in [6.07, 6.45) is 4.28. The molecule has 1 aliphatic heterocycles. The third-order valence-corrected chi connectivity index (χ3v) is 5.27. The van der Waals surface area contributed by atoms with Gasteiger partial charge in [-0.25, -0.2) is 13.1 Å². The molecule has 1 fully saturated rings. The lowest BCUT2D eigenvalue weighted by atomic mass is 10.2. The summed E-state index contributed by atoms with van der Waals surface area (Å²) in [6.45, 7) is 6.80. The van der Waals surface area contributed by atoms with Crippen molar-refractivity contribution >= 4 is 16.0 Å². The van der Waals surface area contributed by atoms with Gasteiger partial charge in [0.25, 0.3) is 0 Å². The summed E-state index contributed by atoms with van der Waals surface area (Å²) >= 11 is 0. The molecule has 0 spiro atoms. The van der Waals surface area contributed by atoms with Gasteiger partial charge >= 0.3 is 0 Å². The zero-order valence-electron chi connectivity index (χ0n) is 16.4. The van der Waals surface area contributed by atoms with Crippen LogP contribution in [0.2, 0.25) is 0 Å². The van der Waals surface area contributed by atoms with Gasteiger partial charge in [0.1, 0.15) is 0 Å². The molecule has 2 rings (SSSR count). The van der Waals surface area contributed by atoms with Gasteiger partial charge in [-0.3, -0.25) is 9.89 Å². The number of rotatable bonds is 10. The molecule has 0 bridgehead atoms. The Morgan fingerprint density at radius 2 is 2.00 bits per heavy atom. The molecular weight excluding hydrogens is 362 g/mol. The van der Waals surface area contributed by atoms with Crippen molar-refractivity contribution in [2.24, 2.45) is 4.99 Å². The summed E-state index contributed by atoms with van der Waals surface area (Å²) in [4.78, 5) is 7.26. The molecule has 1 atom stereocenters. The average molecular weight is 396 g/mol. The topological polar surface area (TPSA) is 85.8 Å². The van der Waals surface area contributed by atoms with Crippen LogP contribution in [0, 0.1) is 0 Å². The zero-order valence-corrected chi connectivity index (χ0v) is 17.3. The van der Waals surface area contributed by atoms with Crippen LogP contribution in [0.25, 0.3) is 0 Å². The fraction of sp³-hybridized carbons (Fsp3) is 0.632. The maximum absolute atomic E-state index is 11.1. The molecule has 1 aliphatic rings. The first-order valence-electron chi connectivity index (χ1n) is 9.72. The normalized spacial score (nSPS) is 18.6. The third kappa shape index (κ3) is 8.73. The number of likely N-dealkylation sites (tertiary alicyclic amines) is 1. The summed E-state index contributed by atoms with van der Waals surface area (Å²) in [7, 11) is -3.12. The van der Waals surface area contributed by atoms with E-state index in [9.17, 15) is 8.42 Å². The lowest BCUT2D eigenvalue weighted by molar-refractivity contribution is 0.250. The van der Waals surface area contributed by atoms with Crippen molar-refractivity contribution in [3.05, 3.63) is 35.9 Å². The Bertz CT molecular complexity index is 679. The number of hydrogen-bond acceptors (Lipinski definition) is 4. The van der Waals surface area contributed by atoms with Crippen LogP contribution in [0.1, 0.15) is 31.7 Å². The SMILES string of the molecule is CCNC(=NCC1CCCN1Cc1ccccc1)NCCCNS(C)(=O)=O. The van der Waals surface area contributed by atoms with Crippen molar-refractivity contribution in [3.8, 4) is 0 Å². The molecule has 1 aromatic carbocycles. The Kier molecular flexibility index (Phi) is 9.03. The van der Waals surface area contributed by atoms with Crippen LogP contribution in [0.3, 0.4) is 0 Å². The second-order valence-corrected chi connectivity index (χ2v) is 8.75. The number of nitrogens with zero attached hydrogens (tertiary/aromatic N) is 2. The minimum atomic E-state index is -3.12. The number of nitrogens with one attached hydrogen (secondary N) is 3. The molecule has 1 saturated heterocycles. The number of sulfonamides is 1. The summed E-state index contributed by atoms with van der Waals surface area (Å²) in [5.41, 5.74) is 1.34. The van der Waals surface area contributed by atoms with E-state index in [0.717, 1.165) is 32.1 Å². The second kappa shape index (κ2) is 11.3. The van der Waals surface area contributed by atoms with Crippen LogP contribution in [0.4, 0.5) is 0 Å². The molecule has 27 heavy (non-hydrogen) atoms. The predicted molar refractivity (Wildman–Crippen MR) is 111 cm³/mol. The molecule has 152 valence electrons. The molecule has 3 N–H and O–H groups in total. The quantitative estimate of drug-likeness (QED) is 0.314. The number of guanidine groups is 1. The Hall–Kier alpha value is -1.64. The highest BCUT2D eigenvalue weighted by molar-refractivity contribution is 7.88. The van der Waals surface area contributed by atoms with Gasteiger partial charge in [0.05, 0.1) is 12.8 Å². The summed E-state index contributed by atoms with van der Waals surface area (Å²) in [5, 5.41) is 6.54. The number of hydrogen-bond donors (Lipinski definition) is 3. The second-order valence-electron chi connectivity index (χ2n) is 6.92. The van der Waals surface area contributed by atoms with Crippen molar-refractivity contribution in [1.29, 1.82) is 0 Å². The van der Waals surface area contributed by atoms with Crippen LogP contribution in [0.5, 0.6) is 0 Å². The van der Waals surface area contributed by atoms with Gasteiger partial charge in [-0.15, -0.1) is 0 Å². The summed E-state index contributed by atoms with van der Waals surface area (Å²) in [6, 6.07) is 11.0. The van der Waals surface area contributed by atoms with Crippen molar-refractivity contribution in [2.75, 3.05) is 39.0 Å². The van der Waals surface area contributed by atoms with E-state index in [0.29, 0.717) is 25.6 Å². The lowest BCUT2D eigenvalue weighted by Crippen LogP contribution is -2.40. The molecule has 0 aromatic heterocycles. The van der Waals surface area contributed by atoms with E-state index in [1.807, 2.05) is 6.92 Å². The largest absolute Gasteiger partial charge is 0.357 e. The minimum Gasteiger partial charge on any atom is -0.357 e. The molecule has 0 saturated carbocycles. The minimum absolute atomic E-state index is 0.429. The molecule has 7 nitrogen and oxygen atoms in total. The fourth-order valence-electron chi connectivity index (χ4n) is 3.22. The molecule has 0 amide bonds. The average Bonchev–Trinajstić information content (AvgIpc) is 3.06. The van der Waals surface area contributed by atoms with E-state index in [1.54, 1.807) is 0 Å². The fourth-order valence-corrected chi connectivity index (χ4v) is 3.73. The van der Waals surface area contributed by atoms with E-state index in [2.05, 4.69) is 50.6 Å². The van der Waals surface area contributed by atoms with E-state index in [-0.39, 0.29) is 0 Å². The van der Waals surface area contributed by atoms with E-state index < -0.39 is 10.0 Å². The first-order valence-corrected chi connectivity index (χ1v) is 11.6. The first-order chi connectivity index (χ1) is 13.0. The van der Waals surface area contributed by atoms with E-state index in [1.165, 1.54) is 24.7 Å². The lowest BCUT2D eigenvalue weighted by Gasteiger charge is -2.23. The Morgan fingerprint density at radius 3 is 2.70 bits per heavy atom. The van der Waals surface area contributed by atoms with E-state index >= 15 is 0 Å². The molecule has 0 aliphatic carbocycles. The maximum Gasteiger partial charge on any atom is 0.208 e. The first kappa shape index (κ1) is 21.7. The third-order valence-electron chi connectivity index (χ3n) is 4.54. The molecule has 0 radical (unpaired) electrons. The van der Waals surface area contributed by atoms with Gasteiger partial charge in [-0.2, -0.15) is 0 Å². The van der Waals surface area contributed by atoms with Gasteiger partial charge in [-0.1, -0.05) is 30.3 Å². The van der Waals surface area contributed by atoms with Crippen molar-refractivity contribution in [3.63, 3.8) is 0 Å². The Morgan fingerprint density at radius 1 is 1.22 bits per heavy atom. The molecular formula is C19H33N5O2S. The molecule has 1 unspecified atom stereocenters. The van der Waals surface area contributed by atoms with Gasteiger partial charge in [0.2, 0.25) is 10.0 Å². The smallest absolute Gasteiger partial charge is 0.208 e. The Labute approximate surface area is 163 Å². The highest BCUT2D eigenvalue weighted by atomic mass is 32.2. The van der Waals surface area contributed by atoms with Gasteiger partial charge in [0, 0.05) is 32.2 Å². The van der Waals surface area contributed by atoms with Gasteiger partial charge < -0.3 is 10.6 Å². The molecule has 1 heterocycles. The number of benzene rings is 1. The highest BCUT2D eigenvalue weighted by Crippen LogP contribution is 2.20. The zero-order chi connectivity index (χ0) is 19.5. The van der Waals surface area contributed by atoms with Crippen molar-refractivity contribution in [2.45, 2.75) is 38.8 Å². The van der Waals surface area contributed by atoms with Crippen molar-refractivity contribution < 1.29 is 8.42 Å². The molecule has 1 aromatic rings. The van der Waals surface area contributed by atoms with Crippen LogP contribution < -0.4 is 15.4 Å². The molecule has 8 heteroatoms. The summed E-state index contributed by atoms with van der Waals surface area (Å²) in [5.74, 6) is 0.795. The van der Waals surface area contributed by atoms with Crippen LogP contribution in [-0.2, 0) is 16.6 Å². The van der Waals surface area contributed by atoms with Crippen molar-refractivity contribution in [1.82, 2.24) is 20.3 Å². The number of aliphatic imine (C=N–C) groups is 1.